The number of nitrogens with zero attached hydrogens (tertiary/aromatic N) is 4. The first-order valence-corrected chi connectivity index (χ1v) is 7.28. The fraction of sp³-hybridized carbons (Fsp3) is 0.235. The fourth-order valence-electron chi connectivity index (χ4n) is 2.58. The van der Waals surface area contributed by atoms with E-state index in [2.05, 4.69) is 21.5 Å². The summed E-state index contributed by atoms with van der Waals surface area (Å²) >= 11 is 0. The van der Waals surface area contributed by atoms with Crippen molar-refractivity contribution in [3.63, 3.8) is 0 Å². The maximum Gasteiger partial charge on any atom is 0.247 e. The molecule has 0 radical (unpaired) electrons. The first-order chi connectivity index (χ1) is 11.0. The number of aliphatic hydroxyl groups excluding tert-OH is 1. The highest BCUT2D eigenvalue weighted by molar-refractivity contribution is 5.51. The van der Waals surface area contributed by atoms with Crippen molar-refractivity contribution in [1.29, 1.82) is 5.26 Å². The molecule has 1 aromatic carbocycles. The van der Waals surface area contributed by atoms with Crippen LogP contribution in [0.3, 0.4) is 0 Å². The van der Waals surface area contributed by atoms with Gasteiger partial charge in [0.05, 0.1) is 6.04 Å². The van der Waals surface area contributed by atoms with Crippen molar-refractivity contribution in [2.45, 2.75) is 26.8 Å². The first kappa shape index (κ1) is 15.0. The number of hydrogen-bond donors (Lipinski definition) is 2. The van der Waals surface area contributed by atoms with Gasteiger partial charge in [-0.3, -0.25) is 0 Å². The van der Waals surface area contributed by atoms with Crippen LogP contribution in [0, 0.1) is 32.1 Å². The molecule has 2 aromatic rings. The second kappa shape index (κ2) is 5.71. The van der Waals surface area contributed by atoms with Crippen molar-refractivity contribution in [2.24, 2.45) is 0 Å². The third-order valence-electron chi connectivity index (χ3n) is 3.70. The maximum absolute atomic E-state index is 10.4. The van der Waals surface area contributed by atoms with Crippen molar-refractivity contribution >= 4 is 5.95 Å². The van der Waals surface area contributed by atoms with E-state index in [9.17, 15) is 10.4 Å². The van der Waals surface area contributed by atoms with E-state index in [4.69, 9.17) is 0 Å². The molecule has 0 aliphatic carbocycles. The van der Waals surface area contributed by atoms with E-state index < -0.39 is 6.04 Å². The number of aromatic nitrogens is 2. The Labute approximate surface area is 134 Å². The second-order valence-corrected chi connectivity index (χ2v) is 5.61. The monoisotopic (exact) mass is 307 g/mol. The van der Waals surface area contributed by atoms with Gasteiger partial charge in [-0.05, 0) is 32.4 Å². The lowest BCUT2D eigenvalue weighted by Crippen LogP contribution is -2.35. The lowest BCUT2D eigenvalue weighted by molar-refractivity contribution is 0.385. The van der Waals surface area contributed by atoms with Crippen LogP contribution in [-0.2, 0) is 0 Å². The van der Waals surface area contributed by atoms with Gasteiger partial charge in [0.25, 0.3) is 0 Å². The minimum absolute atomic E-state index is 0.164. The Kier molecular flexibility index (Phi) is 3.72. The minimum Gasteiger partial charge on any atom is -0.493 e. The van der Waals surface area contributed by atoms with Crippen LogP contribution >= 0.6 is 0 Å². The third-order valence-corrected chi connectivity index (χ3v) is 3.70. The average molecular weight is 307 g/mol. The number of hydrogen-bond acceptors (Lipinski definition) is 6. The molecule has 2 heterocycles. The van der Waals surface area contributed by atoms with Gasteiger partial charge in [-0.15, -0.1) is 0 Å². The molecule has 23 heavy (non-hydrogen) atoms. The molecule has 1 aliphatic rings. The molecule has 0 saturated carbocycles. The lowest BCUT2D eigenvalue weighted by atomic mass is 10.0. The summed E-state index contributed by atoms with van der Waals surface area (Å²) in [6, 6.07) is 11.3. The van der Waals surface area contributed by atoms with Crippen LogP contribution in [-0.4, -0.2) is 15.1 Å². The molecular weight excluding hydrogens is 290 g/mol. The number of hydrazine groups is 1. The summed E-state index contributed by atoms with van der Waals surface area (Å²) in [7, 11) is 0. The highest BCUT2D eigenvalue weighted by Crippen LogP contribution is 2.32. The predicted molar refractivity (Wildman–Crippen MR) is 86.3 cm³/mol. The fourth-order valence-corrected chi connectivity index (χ4v) is 2.58. The van der Waals surface area contributed by atoms with Crippen molar-refractivity contribution in [3.8, 4) is 6.07 Å². The summed E-state index contributed by atoms with van der Waals surface area (Å²) in [5, 5.41) is 21.2. The number of aliphatic hydroxyl groups is 1. The van der Waals surface area contributed by atoms with E-state index in [1.54, 1.807) is 0 Å². The van der Waals surface area contributed by atoms with Gasteiger partial charge in [0.2, 0.25) is 11.8 Å². The Morgan fingerprint density at radius 2 is 1.74 bits per heavy atom. The molecule has 0 amide bonds. The summed E-state index contributed by atoms with van der Waals surface area (Å²) in [6.07, 6.45) is 0. The Bertz CT molecular complexity index is 800. The molecule has 3 rings (SSSR count). The molecule has 2 N–H and O–H groups in total. The van der Waals surface area contributed by atoms with Crippen molar-refractivity contribution in [1.82, 2.24) is 15.4 Å². The van der Waals surface area contributed by atoms with Crippen LogP contribution in [0.4, 0.5) is 5.95 Å². The zero-order valence-electron chi connectivity index (χ0n) is 13.2. The van der Waals surface area contributed by atoms with Gasteiger partial charge in [-0.2, -0.15) is 5.26 Å². The van der Waals surface area contributed by atoms with E-state index in [1.807, 2.05) is 51.1 Å². The Morgan fingerprint density at radius 3 is 2.30 bits per heavy atom. The largest absolute Gasteiger partial charge is 0.493 e. The van der Waals surface area contributed by atoms with Crippen molar-refractivity contribution in [3.05, 3.63) is 64.3 Å². The Balaban J connectivity index is 2.01. The predicted octanol–water partition coefficient (Wildman–Crippen LogP) is 2.76. The molecule has 1 atom stereocenters. The van der Waals surface area contributed by atoms with Crippen LogP contribution in [0.25, 0.3) is 0 Å². The number of aryl methyl sites for hydroxylation is 3. The molecule has 0 saturated heterocycles. The molecule has 0 spiro atoms. The number of benzene rings is 1. The van der Waals surface area contributed by atoms with E-state index in [1.165, 1.54) is 5.01 Å². The molecule has 1 aromatic heterocycles. The molecule has 0 fully saturated rings. The first-order valence-electron chi connectivity index (χ1n) is 7.28. The van der Waals surface area contributed by atoms with Crippen LogP contribution in [0.5, 0.6) is 0 Å². The van der Waals surface area contributed by atoms with Gasteiger partial charge in [0.15, 0.2) is 0 Å². The summed E-state index contributed by atoms with van der Waals surface area (Å²) < 4.78 is 0. The molecule has 116 valence electrons. The summed E-state index contributed by atoms with van der Waals surface area (Å²) in [5.41, 5.74) is 6.97. The third kappa shape index (κ3) is 2.74. The molecule has 1 unspecified atom stereocenters. The van der Waals surface area contributed by atoms with Gasteiger partial charge in [-0.1, -0.05) is 29.8 Å². The van der Waals surface area contributed by atoms with Crippen LogP contribution in [0.1, 0.15) is 28.6 Å². The molecule has 1 aliphatic heterocycles. The topological polar surface area (TPSA) is 85.1 Å². The van der Waals surface area contributed by atoms with E-state index in [0.29, 0.717) is 5.95 Å². The molecule has 6 nitrogen and oxygen atoms in total. The number of nitriles is 1. The molecule has 0 bridgehead atoms. The van der Waals surface area contributed by atoms with Crippen LogP contribution in [0.2, 0.25) is 0 Å². The number of anilines is 1. The van der Waals surface area contributed by atoms with E-state index in [0.717, 1.165) is 22.5 Å². The average Bonchev–Trinajstić information content (AvgIpc) is 2.84. The lowest BCUT2D eigenvalue weighted by Gasteiger charge is -2.19. The van der Waals surface area contributed by atoms with Gasteiger partial charge in [0, 0.05) is 11.4 Å². The zero-order valence-corrected chi connectivity index (χ0v) is 13.2. The number of nitrogens with one attached hydrogen (secondary N) is 1. The van der Waals surface area contributed by atoms with E-state index in [-0.39, 0.29) is 11.5 Å². The van der Waals surface area contributed by atoms with Gasteiger partial charge in [-0.25, -0.2) is 20.4 Å². The second-order valence-electron chi connectivity index (χ2n) is 5.61. The normalized spacial score (nSPS) is 17.5. The molecular formula is C17H17N5O. The van der Waals surface area contributed by atoms with Crippen molar-refractivity contribution in [2.75, 3.05) is 5.01 Å². The number of rotatable bonds is 2. The SMILES string of the molecule is Cc1ccc(C2NN(c3nc(C)cc(C)n3)C(O)=C2C#N)cc1. The zero-order chi connectivity index (χ0) is 16.6. The van der Waals surface area contributed by atoms with Gasteiger partial charge < -0.3 is 5.11 Å². The van der Waals surface area contributed by atoms with Gasteiger partial charge in [0.1, 0.15) is 11.6 Å². The molecule has 6 heteroatoms. The van der Waals surface area contributed by atoms with E-state index >= 15 is 0 Å². The maximum atomic E-state index is 10.4. The highest BCUT2D eigenvalue weighted by Gasteiger charge is 2.35. The Hall–Kier alpha value is -2.91. The quantitative estimate of drug-likeness (QED) is 0.887. The summed E-state index contributed by atoms with van der Waals surface area (Å²) in [5.74, 6) is 0.158. The minimum atomic E-state index is -0.426. The van der Waals surface area contributed by atoms with Crippen LogP contribution < -0.4 is 10.4 Å². The standard InChI is InChI=1S/C17H17N5O/c1-10-4-6-13(7-5-10)15-14(9-18)16(23)22(21-15)17-19-11(2)8-12(3)20-17/h4-8,15,21,23H,1-3H3. The van der Waals surface area contributed by atoms with Crippen LogP contribution in [0.15, 0.2) is 41.8 Å². The van der Waals surface area contributed by atoms with Crippen molar-refractivity contribution < 1.29 is 5.11 Å². The summed E-state index contributed by atoms with van der Waals surface area (Å²) in [6.45, 7) is 5.72. The van der Waals surface area contributed by atoms with Gasteiger partial charge >= 0.3 is 0 Å². The smallest absolute Gasteiger partial charge is 0.247 e. The Morgan fingerprint density at radius 1 is 1.13 bits per heavy atom. The highest BCUT2D eigenvalue weighted by atomic mass is 16.3. The summed E-state index contributed by atoms with van der Waals surface area (Å²) in [4.78, 5) is 8.65.